The second kappa shape index (κ2) is 6.52. The van der Waals surface area contributed by atoms with Crippen LogP contribution in [0.2, 0.25) is 0 Å². The predicted octanol–water partition coefficient (Wildman–Crippen LogP) is 3.73. The molecule has 0 aliphatic heterocycles. The highest BCUT2D eigenvalue weighted by atomic mass is 15.2. The molecule has 0 aliphatic rings. The molecule has 150 valence electrons. The SMILES string of the molecule is [2H]C([2H])([2H])c1cc[n+](C)c(-c2c(C([2H])([2H])[2H])cc(C)c(-c3cn4c5ccccc5nc4n3C)[n+]2C)c1. The quantitative estimate of drug-likeness (QED) is 0.413. The van der Waals surface area contributed by atoms with Gasteiger partial charge in [-0.3, -0.25) is 4.40 Å². The molecular formula is C25H27N5+2. The Kier molecular flexibility index (Phi) is 2.82. The van der Waals surface area contributed by atoms with Crippen LogP contribution in [0.1, 0.15) is 24.9 Å². The van der Waals surface area contributed by atoms with E-state index in [1.165, 1.54) is 6.07 Å². The van der Waals surface area contributed by atoms with Crippen molar-refractivity contribution >= 4 is 16.8 Å². The van der Waals surface area contributed by atoms with Crippen LogP contribution >= 0.6 is 0 Å². The second-order valence-corrected chi connectivity index (χ2v) is 7.75. The number of nitrogens with zero attached hydrogens (tertiary/aromatic N) is 5. The van der Waals surface area contributed by atoms with Gasteiger partial charge >= 0.3 is 0 Å². The number of fused-ring (bicyclic) bond motifs is 3. The molecule has 0 atom stereocenters. The summed E-state index contributed by atoms with van der Waals surface area (Å²) in [5.74, 6) is 0.766. The first-order valence-corrected chi connectivity index (χ1v) is 9.76. The maximum Gasteiger partial charge on any atom is 0.280 e. The largest absolute Gasteiger partial charge is 0.308 e. The maximum atomic E-state index is 8.25. The number of para-hydroxylation sites is 2. The molecule has 0 fully saturated rings. The summed E-state index contributed by atoms with van der Waals surface area (Å²) in [5.41, 5.74) is 5.58. The fourth-order valence-electron chi connectivity index (χ4n) is 4.33. The van der Waals surface area contributed by atoms with E-state index in [2.05, 4.69) is 0 Å². The fourth-order valence-corrected chi connectivity index (χ4v) is 4.33. The normalized spacial score (nSPS) is 15.5. The van der Waals surface area contributed by atoms with Crippen molar-refractivity contribution in [1.29, 1.82) is 0 Å². The number of benzene rings is 1. The van der Waals surface area contributed by atoms with Crippen molar-refractivity contribution in [1.82, 2.24) is 14.0 Å². The minimum absolute atomic E-state index is 0.151. The number of hydrogen-bond donors (Lipinski definition) is 0. The van der Waals surface area contributed by atoms with E-state index in [0.29, 0.717) is 11.4 Å². The number of rotatable bonds is 2. The standard InChI is InChI=1S/C25H27N5/c1-16-11-12-27(4)21(13-16)23-17(2)14-18(3)24(29(23)6)22-15-30-20-10-8-7-9-19(20)26-25(30)28(22)5/h7-15H,1-6H3/q+2/i1D3,2D3. The molecule has 0 radical (unpaired) electrons. The highest BCUT2D eigenvalue weighted by Crippen LogP contribution is 2.28. The molecule has 0 bridgehead atoms. The minimum atomic E-state index is -2.40. The van der Waals surface area contributed by atoms with Crippen LogP contribution in [-0.4, -0.2) is 14.0 Å². The van der Waals surface area contributed by atoms with Crippen molar-refractivity contribution in [3.05, 3.63) is 71.5 Å². The Morgan fingerprint density at radius 2 is 1.83 bits per heavy atom. The van der Waals surface area contributed by atoms with Gasteiger partial charge in [0.2, 0.25) is 11.5 Å². The lowest BCUT2D eigenvalue weighted by atomic mass is 10.0. The summed E-state index contributed by atoms with van der Waals surface area (Å²) >= 11 is 0. The van der Waals surface area contributed by atoms with Crippen molar-refractivity contribution < 1.29 is 17.4 Å². The molecule has 5 nitrogen and oxygen atoms in total. The topological polar surface area (TPSA) is 30.0 Å². The molecule has 5 rings (SSSR count). The molecule has 5 heteroatoms. The maximum absolute atomic E-state index is 8.25. The Balaban J connectivity index is 1.85. The van der Waals surface area contributed by atoms with Crippen LogP contribution in [0.5, 0.6) is 0 Å². The highest BCUT2D eigenvalue weighted by Gasteiger charge is 2.29. The number of aryl methyl sites for hydroxylation is 5. The van der Waals surface area contributed by atoms with Crippen molar-refractivity contribution in [2.45, 2.75) is 20.6 Å². The van der Waals surface area contributed by atoms with Gasteiger partial charge in [-0.25, -0.2) is 4.98 Å². The molecule has 0 unspecified atom stereocenters. The Labute approximate surface area is 184 Å². The Morgan fingerprint density at radius 3 is 2.63 bits per heavy atom. The first-order chi connectivity index (χ1) is 16.8. The average Bonchev–Trinajstić information content (AvgIpc) is 3.30. The van der Waals surface area contributed by atoms with Crippen LogP contribution < -0.4 is 9.13 Å². The first-order valence-electron chi connectivity index (χ1n) is 12.8. The van der Waals surface area contributed by atoms with Gasteiger partial charge in [0.15, 0.2) is 6.20 Å². The zero-order valence-electron chi connectivity index (χ0n) is 23.4. The van der Waals surface area contributed by atoms with Crippen LogP contribution in [0.25, 0.3) is 39.6 Å². The van der Waals surface area contributed by atoms with Gasteiger partial charge in [0.25, 0.3) is 11.4 Å². The van der Waals surface area contributed by atoms with Gasteiger partial charge in [-0.2, -0.15) is 9.13 Å². The smallest absolute Gasteiger partial charge is 0.280 e. The van der Waals surface area contributed by atoms with Crippen LogP contribution in [0.4, 0.5) is 0 Å². The van der Waals surface area contributed by atoms with E-state index in [9.17, 15) is 0 Å². The Bertz CT molecular complexity index is 1660. The average molecular weight is 404 g/mol. The third-order valence-electron chi connectivity index (χ3n) is 5.79. The van der Waals surface area contributed by atoms with Crippen molar-refractivity contribution in [3.8, 4) is 22.8 Å². The van der Waals surface area contributed by atoms with E-state index in [0.717, 1.165) is 33.8 Å². The van der Waals surface area contributed by atoms with Gasteiger partial charge in [0.05, 0.1) is 11.0 Å². The molecular weight excluding hydrogens is 370 g/mol. The van der Waals surface area contributed by atoms with Crippen LogP contribution in [-0.2, 0) is 21.1 Å². The third-order valence-corrected chi connectivity index (χ3v) is 5.79. The molecule has 4 aromatic heterocycles. The van der Waals surface area contributed by atoms with Crippen molar-refractivity contribution in [2.75, 3.05) is 0 Å². The number of imidazole rings is 2. The van der Waals surface area contributed by atoms with E-state index in [-0.39, 0.29) is 11.1 Å². The summed E-state index contributed by atoms with van der Waals surface area (Å²) in [7, 11) is 5.54. The fraction of sp³-hybridized carbons (Fsp3) is 0.240. The zero-order valence-corrected chi connectivity index (χ0v) is 17.4. The van der Waals surface area contributed by atoms with Gasteiger partial charge in [-0.15, -0.1) is 0 Å². The molecule has 0 amide bonds. The number of hydrogen-bond acceptors (Lipinski definition) is 1. The summed E-state index contributed by atoms with van der Waals surface area (Å²) in [6.07, 6.45) is 3.66. The summed E-state index contributed by atoms with van der Waals surface area (Å²) in [6.45, 7) is -2.83. The summed E-state index contributed by atoms with van der Waals surface area (Å²) in [4.78, 5) is 4.77. The van der Waals surface area contributed by atoms with E-state index in [1.807, 2.05) is 65.0 Å². The van der Waals surface area contributed by atoms with Gasteiger partial charge in [0, 0.05) is 44.7 Å². The van der Waals surface area contributed by atoms with E-state index >= 15 is 0 Å². The summed E-state index contributed by atoms with van der Waals surface area (Å²) in [6, 6.07) is 12.7. The number of pyridine rings is 2. The predicted molar refractivity (Wildman–Crippen MR) is 119 cm³/mol. The van der Waals surface area contributed by atoms with E-state index in [4.69, 9.17) is 13.2 Å². The van der Waals surface area contributed by atoms with Gasteiger partial charge < -0.3 is 4.57 Å². The number of aromatic nitrogens is 5. The van der Waals surface area contributed by atoms with Crippen LogP contribution in [0.15, 0.2) is 54.9 Å². The first kappa shape index (κ1) is 13.0. The summed E-state index contributed by atoms with van der Waals surface area (Å²) < 4.78 is 56.0. The Hall–Kier alpha value is -3.47. The molecule has 4 heterocycles. The molecule has 30 heavy (non-hydrogen) atoms. The lowest BCUT2D eigenvalue weighted by molar-refractivity contribution is -0.685. The minimum Gasteiger partial charge on any atom is -0.308 e. The molecule has 1 aromatic carbocycles. The molecule has 0 saturated carbocycles. The molecule has 0 saturated heterocycles. The molecule has 0 spiro atoms. The highest BCUT2D eigenvalue weighted by molar-refractivity contribution is 5.81. The third kappa shape index (κ3) is 2.58. The van der Waals surface area contributed by atoms with Gasteiger partial charge in [0.1, 0.15) is 19.8 Å². The zero-order chi connectivity index (χ0) is 26.2. The molecule has 0 aliphatic carbocycles. The molecule has 0 N–H and O–H groups in total. The van der Waals surface area contributed by atoms with Gasteiger partial charge in [-0.1, -0.05) is 12.1 Å². The monoisotopic (exact) mass is 403 g/mol. The summed E-state index contributed by atoms with van der Waals surface area (Å²) in [5, 5.41) is 0. The second-order valence-electron chi connectivity index (χ2n) is 7.75. The lowest BCUT2D eigenvalue weighted by Crippen LogP contribution is -2.41. The molecule has 5 aromatic rings. The Morgan fingerprint density at radius 1 is 1.00 bits per heavy atom. The van der Waals surface area contributed by atoms with Crippen molar-refractivity contribution in [2.24, 2.45) is 21.1 Å². The lowest BCUT2D eigenvalue weighted by Gasteiger charge is -2.10. The van der Waals surface area contributed by atoms with Crippen LogP contribution in [0, 0.1) is 20.6 Å². The van der Waals surface area contributed by atoms with Gasteiger partial charge in [-0.05, 0) is 44.4 Å². The van der Waals surface area contributed by atoms with Crippen molar-refractivity contribution in [3.63, 3.8) is 0 Å². The van der Waals surface area contributed by atoms with Crippen LogP contribution in [0.3, 0.4) is 0 Å². The van der Waals surface area contributed by atoms with E-state index < -0.39 is 13.7 Å². The van der Waals surface area contributed by atoms with E-state index in [1.54, 1.807) is 29.9 Å².